The molecule has 9 heteroatoms. The molecule has 1 heterocycles. The van der Waals surface area contributed by atoms with E-state index in [0.29, 0.717) is 11.4 Å². The molecule has 3 aromatic rings. The Hall–Kier alpha value is -2.91. The first-order chi connectivity index (χ1) is 13.3. The summed E-state index contributed by atoms with van der Waals surface area (Å²) in [7, 11) is -2.42. The molecule has 0 spiro atoms. The maximum absolute atomic E-state index is 12.8. The number of carbonyl (C=O) groups excluding carboxylic acids is 1. The number of rotatable bonds is 6. The molecule has 0 radical (unpaired) electrons. The van der Waals surface area contributed by atoms with Crippen molar-refractivity contribution < 1.29 is 17.9 Å². The Labute approximate surface area is 167 Å². The van der Waals surface area contributed by atoms with Gasteiger partial charge in [0, 0.05) is 23.6 Å². The smallest absolute Gasteiger partial charge is 0.261 e. The van der Waals surface area contributed by atoms with Crippen LogP contribution in [0.4, 0.5) is 11.4 Å². The predicted octanol–water partition coefficient (Wildman–Crippen LogP) is 3.89. The molecule has 0 atom stereocenters. The third-order valence-electron chi connectivity index (χ3n) is 3.82. The van der Waals surface area contributed by atoms with Gasteiger partial charge in [-0.3, -0.25) is 9.52 Å². The first-order valence-electron chi connectivity index (χ1n) is 8.29. The Balaban J connectivity index is 1.91. The van der Waals surface area contributed by atoms with Crippen LogP contribution in [-0.2, 0) is 14.8 Å². The number of nitrogens with one attached hydrogen (secondary N) is 2. The molecule has 7 nitrogen and oxygen atoms in total. The summed E-state index contributed by atoms with van der Waals surface area (Å²) in [6, 6.07) is 11.3. The number of nitrogens with zero attached hydrogens (tertiary/aromatic N) is 1. The Bertz CT molecular complexity index is 1120. The lowest BCUT2D eigenvalue weighted by Crippen LogP contribution is -2.14. The SMILES string of the molecule is COc1ccc(S(=O)(=O)Nc2cccc(-c3csc(C)n3)c2)cc1NC(C)=O. The highest BCUT2D eigenvalue weighted by atomic mass is 32.2. The van der Waals surface area contributed by atoms with Crippen molar-refractivity contribution in [3.8, 4) is 17.0 Å². The first kappa shape index (κ1) is 19.8. The summed E-state index contributed by atoms with van der Waals surface area (Å²) in [5.41, 5.74) is 2.31. The number of amides is 1. The zero-order valence-corrected chi connectivity index (χ0v) is 17.1. The molecule has 146 valence electrons. The van der Waals surface area contributed by atoms with Gasteiger partial charge in [0.05, 0.1) is 28.4 Å². The van der Waals surface area contributed by atoms with Gasteiger partial charge in [0.2, 0.25) is 5.91 Å². The maximum Gasteiger partial charge on any atom is 0.261 e. The average molecular weight is 418 g/mol. The Morgan fingerprint density at radius 2 is 1.96 bits per heavy atom. The van der Waals surface area contributed by atoms with Crippen LogP contribution in [0.1, 0.15) is 11.9 Å². The standard InChI is InChI=1S/C19H19N3O4S2/c1-12(23)20-17-10-16(7-8-19(17)26-3)28(24,25)22-15-6-4-5-14(9-15)18-11-27-13(2)21-18/h4-11,22H,1-3H3,(H,20,23). The summed E-state index contributed by atoms with van der Waals surface area (Å²) in [6.45, 7) is 3.25. The molecule has 0 aliphatic heterocycles. The van der Waals surface area contributed by atoms with Gasteiger partial charge >= 0.3 is 0 Å². The van der Waals surface area contributed by atoms with E-state index in [1.54, 1.807) is 18.2 Å². The van der Waals surface area contributed by atoms with Crippen molar-refractivity contribution in [2.45, 2.75) is 18.7 Å². The van der Waals surface area contributed by atoms with E-state index in [4.69, 9.17) is 4.74 Å². The number of hydrogen-bond donors (Lipinski definition) is 2. The zero-order chi connectivity index (χ0) is 20.3. The van der Waals surface area contributed by atoms with E-state index in [9.17, 15) is 13.2 Å². The molecule has 2 aromatic carbocycles. The number of sulfonamides is 1. The second-order valence-corrected chi connectivity index (χ2v) is 8.73. The van der Waals surface area contributed by atoms with E-state index in [1.807, 2.05) is 18.4 Å². The summed E-state index contributed by atoms with van der Waals surface area (Å²) in [5.74, 6) is 0.0436. The molecule has 0 aliphatic rings. The van der Waals surface area contributed by atoms with Gasteiger partial charge in [-0.15, -0.1) is 11.3 Å². The van der Waals surface area contributed by atoms with Crippen LogP contribution in [0.25, 0.3) is 11.3 Å². The number of methoxy groups -OCH3 is 1. The average Bonchev–Trinajstić information content (AvgIpc) is 3.07. The van der Waals surface area contributed by atoms with Gasteiger partial charge in [-0.05, 0) is 37.3 Å². The van der Waals surface area contributed by atoms with Gasteiger partial charge in [-0.2, -0.15) is 0 Å². The molecule has 0 saturated heterocycles. The van der Waals surface area contributed by atoms with Crippen LogP contribution in [0.3, 0.4) is 0 Å². The Kier molecular flexibility index (Phi) is 5.66. The summed E-state index contributed by atoms with van der Waals surface area (Å²) >= 11 is 1.53. The normalized spacial score (nSPS) is 11.1. The quantitative estimate of drug-likeness (QED) is 0.634. The van der Waals surface area contributed by atoms with E-state index in [0.717, 1.165) is 16.3 Å². The van der Waals surface area contributed by atoms with E-state index in [-0.39, 0.29) is 16.5 Å². The third kappa shape index (κ3) is 4.49. The monoisotopic (exact) mass is 417 g/mol. The van der Waals surface area contributed by atoms with Crippen molar-refractivity contribution in [2.75, 3.05) is 17.1 Å². The number of thiazole rings is 1. The number of carbonyl (C=O) groups is 1. The summed E-state index contributed by atoms with van der Waals surface area (Å²) in [5, 5.41) is 5.43. The second kappa shape index (κ2) is 7.99. The van der Waals surface area contributed by atoms with E-state index in [1.165, 1.54) is 43.6 Å². The lowest BCUT2D eigenvalue weighted by atomic mass is 10.1. The van der Waals surface area contributed by atoms with Crippen LogP contribution >= 0.6 is 11.3 Å². The van der Waals surface area contributed by atoms with Gasteiger partial charge in [0.15, 0.2) is 0 Å². The molecule has 0 fully saturated rings. The number of aromatic nitrogens is 1. The fraction of sp³-hybridized carbons (Fsp3) is 0.158. The molecule has 1 amide bonds. The Morgan fingerprint density at radius 1 is 1.18 bits per heavy atom. The number of anilines is 2. The van der Waals surface area contributed by atoms with Crippen LogP contribution in [-0.4, -0.2) is 26.4 Å². The lowest BCUT2D eigenvalue weighted by molar-refractivity contribution is -0.114. The van der Waals surface area contributed by atoms with Gasteiger partial charge in [0.25, 0.3) is 10.0 Å². The van der Waals surface area contributed by atoms with E-state index in [2.05, 4.69) is 15.0 Å². The van der Waals surface area contributed by atoms with Crippen molar-refractivity contribution in [1.29, 1.82) is 0 Å². The van der Waals surface area contributed by atoms with Gasteiger partial charge in [0.1, 0.15) is 5.75 Å². The van der Waals surface area contributed by atoms with Crippen molar-refractivity contribution in [2.24, 2.45) is 0 Å². The van der Waals surface area contributed by atoms with Gasteiger partial charge < -0.3 is 10.1 Å². The van der Waals surface area contributed by atoms with Crippen LogP contribution in [0.2, 0.25) is 0 Å². The minimum atomic E-state index is -3.87. The first-order valence-corrected chi connectivity index (χ1v) is 10.7. The van der Waals surface area contributed by atoms with Gasteiger partial charge in [-0.25, -0.2) is 13.4 Å². The third-order valence-corrected chi connectivity index (χ3v) is 5.97. The van der Waals surface area contributed by atoms with Crippen LogP contribution in [0.15, 0.2) is 52.7 Å². The fourth-order valence-electron chi connectivity index (χ4n) is 2.59. The van der Waals surface area contributed by atoms with Crippen LogP contribution < -0.4 is 14.8 Å². The van der Waals surface area contributed by atoms with Crippen molar-refractivity contribution in [3.63, 3.8) is 0 Å². The highest BCUT2D eigenvalue weighted by Crippen LogP contribution is 2.29. The predicted molar refractivity (Wildman–Crippen MR) is 110 cm³/mol. The van der Waals surface area contributed by atoms with Crippen molar-refractivity contribution >= 4 is 38.6 Å². The Morgan fingerprint density at radius 3 is 2.61 bits per heavy atom. The van der Waals surface area contributed by atoms with Crippen LogP contribution in [0, 0.1) is 6.92 Å². The highest BCUT2D eigenvalue weighted by Gasteiger charge is 2.18. The van der Waals surface area contributed by atoms with Gasteiger partial charge in [-0.1, -0.05) is 12.1 Å². The van der Waals surface area contributed by atoms with Crippen molar-refractivity contribution in [3.05, 3.63) is 52.9 Å². The minimum absolute atomic E-state index is 0.00644. The molecule has 0 aliphatic carbocycles. The molecule has 0 saturated carbocycles. The molecule has 0 unspecified atom stereocenters. The topological polar surface area (TPSA) is 97.4 Å². The molecule has 1 aromatic heterocycles. The fourth-order valence-corrected chi connectivity index (χ4v) is 4.29. The largest absolute Gasteiger partial charge is 0.495 e. The molecular weight excluding hydrogens is 398 g/mol. The number of benzene rings is 2. The molecule has 2 N–H and O–H groups in total. The number of aryl methyl sites for hydroxylation is 1. The number of hydrogen-bond acceptors (Lipinski definition) is 6. The van der Waals surface area contributed by atoms with E-state index < -0.39 is 10.0 Å². The highest BCUT2D eigenvalue weighted by molar-refractivity contribution is 7.92. The zero-order valence-electron chi connectivity index (χ0n) is 15.5. The number of ether oxygens (including phenoxy) is 1. The summed E-state index contributed by atoms with van der Waals surface area (Å²) in [6.07, 6.45) is 0. The lowest BCUT2D eigenvalue weighted by Gasteiger charge is -2.13. The van der Waals surface area contributed by atoms with Crippen LogP contribution in [0.5, 0.6) is 5.75 Å². The second-order valence-electron chi connectivity index (χ2n) is 5.98. The minimum Gasteiger partial charge on any atom is -0.495 e. The van der Waals surface area contributed by atoms with Crippen molar-refractivity contribution in [1.82, 2.24) is 4.98 Å². The molecule has 0 bridgehead atoms. The molecular formula is C19H19N3O4S2. The summed E-state index contributed by atoms with van der Waals surface area (Å²) < 4.78 is 33.4. The van der Waals surface area contributed by atoms with E-state index >= 15 is 0 Å². The molecule has 3 rings (SSSR count). The molecule has 28 heavy (non-hydrogen) atoms. The summed E-state index contributed by atoms with van der Waals surface area (Å²) in [4.78, 5) is 15.8. The maximum atomic E-state index is 12.8.